The fraction of sp³-hybridized carbons (Fsp3) is 0.625. The van der Waals surface area contributed by atoms with Crippen molar-refractivity contribution < 1.29 is 17.9 Å². The van der Waals surface area contributed by atoms with Crippen molar-refractivity contribution in [3.05, 3.63) is 24.3 Å². The van der Waals surface area contributed by atoms with Crippen LogP contribution in [0.2, 0.25) is 0 Å². The fourth-order valence-electron chi connectivity index (χ4n) is 3.39. The van der Waals surface area contributed by atoms with Gasteiger partial charge in [0.2, 0.25) is 10.0 Å². The minimum Gasteiger partial charge on any atom is -0.494 e. The van der Waals surface area contributed by atoms with Crippen molar-refractivity contribution in [3.63, 3.8) is 0 Å². The molecule has 1 aliphatic carbocycles. The van der Waals surface area contributed by atoms with Gasteiger partial charge in [-0.1, -0.05) is 0 Å². The molecular weight excluding hydrogens is 302 g/mol. The molecule has 1 N–H and O–H groups in total. The van der Waals surface area contributed by atoms with E-state index in [1.165, 1.54) is 0 Å². The van der Waals surface area contributed by atoms with Crippen molar-refractivity contribution in [3.8, 4) is 5.75 Å². The Balaban J connectivity index is 1.70. The van der Waals surface area contributed by atoms with Gasteiger partial charge in [-0.25, -0.2) is 13.1 Å². The molecule has 1 aromatic carbocycles. The predicted octanol–water partition coefficient (Wildman–Crippen LogP) is 2.32. The van der Waals surface area contributed by atoms with Gasteiger partial charge in [0.05, 0.1) is 11.5 Å². The lowest BCUT2D eigenvalue weighted by molar-refractivity contribution is -0.0483. The highest BCUT2D eigenvalue weighted by Crippen LogP contribution is 2.49. The molecule has 1 spiro atoms. The Labute approximate surface area is 132 Å². The summed E-state index contributed by atoms with van der Waals surface area (Å²) in [7, 11) is -3.47. The standard InChI is InChI=1S/C16H23NO4S/c1-2-21-13-3-5-14(6-4-13)22(18,19)17-15-7-8-16(15)9-11-20-12-10-16/h3-6,15,17H,2,7-12H2,1H3. The number of sulfonamides is 1. The van der Waals surface area contributed by atoms with Crippen LogP contribution in [0.15, 0.2) is 29.2 Å². The van der Waals surface area contributed by atoms with E-state index in [4.69, 9.17) is 9.47 Å². The normalized spacial score (nSPS) is 24.0. The molecule has 0 bridgehead atoms. The van der Waals surface area contributed by atoms with E-state index in [0.717, 1.165) is 38.9 Å². The van der Waals surface area contributed by atoms with Crippen LogP contribution in [-0.4, -0.2) is 34.3 Å². The van der Waals surface area contributed by atoms with Gasteiger partial charge in [0.15, 0.2) is 0 Å². The van der Waals surface area contributed by atoms with Crippen molar-refractivity contribution >= 4 is 10.0 Å². The Kier molecular flexibility index (Phi) is 4.43. The molecule has 5 nitrogen and oxygen atoms in total. The Morgan fingerprint density at radius 1 is 1.23 bits per heavy atom. The first-order valence-electron chi connectivity index (χ1n) is 7.89. The number of rotatable bonds is 5. The topological polar surface area (TPSA) is 64.6 Å². The monoisotopic (exact) mass is 325 g/mol. The first-order chi connectivity index (χ1) is 10.6. The maximum absolute atomic E-state index is 12.5. The van der Waals surface area contributed by atoms with Crippen LogP contribution in [0.3, 0.4) is 0 Å². The van der Waals surface area contributed by atoms with Crippen LogP contribution in [0, 0.1) is 5.41 Å². The summed E-state index contributed by atoms with van der Waals surface area (Å²) in [4.78, 5) is 0.296. The SMILES string of the molecule is CCOc1ccc(S(=O)(=O)NC2CCC23CCOCC3)cc1. The molecule has 1 heterocycles. The van der Waals surface area contributed by atoms with Crippen LogP contribution < -0.4 is 9.46 Å². The lowest BCUT2D eigenvalue weighted by atomic mass is 9.60. The molecule has 0 radical (unpaired) electrons. The molecule has 22 heavy (non-hydrogen) atoms. The van der Waals surface area contributed by atoms with E-state index < -0.39 is 10.0 Å². The largest absolute Gasteiger partial charge is 0.494 e. The van der Waals surface area contributed by atoms with Crippen molar-refractivity contribution in [1.29, 1.82) is 0 Å². The van der Waals surface area contributed by atoms with E-state index in [2.05, 4.69) is 4.72 Å². The highest BCUT2D eigenvalue weighted by atomic mass is 32.2. The number of nitrogens with one attached hydrogen (secondary N) is 1. The Morgan fingerprint density at radius 2 is 1.91 bits per heavy atom. The zero-order valence-corrected chi connectivity index (χ0v) is 13.7. The highest BCUT2D eigenvalue weighted by Gasteiger charge is 2.48. The van der Waals surface area contributed by atoms with Gasteiger partial charge in [-0.15, -0.1) is 0 Å². The lowest BCUT2D eigenvalue weighted by Gasteiger charge is -2.51. The molecule has 1 aliphatic heterocycles. The number of hydrogen-bond donors (Lipinski definition) is 1. The number of benzene rings is 1. The average Bonchev–Trinajstić information content (AvgIpc) is 2.53. The summed E-state index contributed by atoms with van der Waals surface area (Å²) in [5, 5.41) is 0. The molecule has 2 fully saturated rings. The summed E-state index contributed by atoms with van der Waals surface area (Å²) in [6, 6.07) is 6.63. The zero-order chi connectivity index (χ0) is 15.6. The van der Waals surface area contributed by atoms with Crippen molar-refractivity contribution in [2.24, 2.45) is 5.41 Å². The Hall–Kier alpha value is -1.11. The van der Waals surface area contributed by atoms with E-state index in [1.807, 2.05) is 6.92 Å². The first-order valence-corrected chi connectivity index (χ1v) is 9.37. The molecule has 0 amide bonds. The second-order valence-electron chi connectivity index (χ2n) is 6.09. The van der Waals surface area contributed by atoms with Gasteiger partial charge < -0.3 is 9.47 Å². The van der Waals surface area contributed by atoms with Gasteiger partial charge in [-0.3, -0.25) is 0 Å². The van der Waals surface area contributed by atoms with E-state index in [9.17, 15) is 8.42 Å². The molecule has 122 valence electrons. The van der Waals surface area contributed by atoms with E-state index in [1.54, 1.807) is 24.3 Å². The molecule has 1 saturated carbocycles. The molecular formula is C16H23NO4S. The lowest BCUT2D eigenvalue weighted by Crippen LogP contribution is -2.57. The molecule has 2 aliphatic rings. The van der Waals surface area contributed by atoms with E-state index in [-0.39, 0.29) is 11.5 Å². The van der Waals surface area contributed by atoms with Crippen molar-refractivity contribution in [1.82, 2.24) is 4.72 Å². The molecule has 6 heteroatoms. The summed E-state index contributed by atoms with van der Waals surface area (Å²) in [5.41, 5.74) is 0.108. The molecule has 1 saturated heterocycles. The van der Waals surface area contributed by atoms with Crippen LogP contribution in [0.5, 0.6) is 5.75 Å². The van der Waals surface area contributed by atoms with Crippen LogP contribution in [0.4, 0.5) is 0 Å². The summed E-state index contributed by atoms with van der Waals surface area (Å²) < 4.78 is 38.7. The van der Waals surface area contributed by atoms with Crippen molar-refractivity contribution in [2.45, 2.75) is 43.5 Å². The van der Waals surface area contributed by atoms with Crippen LogP contribution in [-0.2, 0) is 14.8 Å². The third-order valence-corrected chi connectivity index (χ3v) is 6.39. The van der Waals surface area contributed by atoms with E-state index in [0.29, 0.717) is 17.3 Å². The number of hydrogen-bond acceptors (Lipinski definition) is 4. The second kappa shape index (κ2) is 6.18. The molecule has 3 rings (SSSR count). The van der Waals surface area contributed by atoms with Crippen molar-refractivity contribution in [2.75, 3.05) is 19.8 Å². The Morgan fingerprint density at radius 3 is 2.45 bits per heavy atom. The summed E-state index contributed by atoms with van der Waals surface area (Å²) in [6.07, 6.45) is 3.90. The minimum atomic E-state index is -3.47. The van der Waals surface area contributed by atoms with Crippen LogP contribution in [0.25, 0.3) is 0 Å². The Bertz CT molecular complexity index is 606. The fourth-order valence-corrected chi connectivity index (χ4v) is 4.77. The summed E-state index contributed by atoms with van der Waals surface area (Å²) in [6.45, 7) is 3.94. The van der Waals surface area contributed by atoms with Crippen LogP contribution >= 0.6 is 0 Å². The first kappa shape index (κ1) is 15.8. The molecule has 1 unspecified atom stereocenters. The van der Waals surface area contributed by atoms with Gasteiger partial charge in [0.25, 0.3) is 0 Å². The van der Waals surface area contributed by atoms with Gasteiger partial charge in [-0.2, -0.15) is 0 Å². The maximum atomic E-state index is 12.5. The molecule has 0 aromatic heterocycles. The third-order valence-electron chi connectivity index (χ3n) is 4.90. The third kappa shape index (κ3) is 3.00. The highest BCUT2D eigenvalue weighted by molar-refractivity contribution is 7.89. The van der Waals surface area contributed by atoms with Crippen LogP contribution in [0.1, 0.15) is 32.6 Å². The summed E-state index contributed by atoms with van der Waals surface area (Å²) >= 11 is 0. The predicted molar refractivity (Wildman–Crippen MR) is 83.4 cm³/mol. The average molecular weight is 325 g/mol. The quantitative estimate of drug-likeness (QED) is 0.902. The molecule has 1 atom stereocenters. The number of ether oxygens (including phenoxy) is 2. The minimum absolute atomic E-state index is 0.0352. The van der Waals surface area contributed by atoms with Gasteiger partial charge in [0.1, 0.15) is 5.75 Å². The van der Waals surface area contributed by atoms with Gasteiger partial charge in [-0.05, 0) is 62.3 Å². The zero-order valence-electron chi connectivity index (χ0n) is 12.9. The van der Waals surface area contributed by atoms with E-state index >= 15 is 0 Å². The van der Waals surface area contributed by atoms with Gasteiger partial charge in [0, 0.05) is 19.3 Å². The summed E-state index contributed by atoms with van der Waals surface area (Å²) in [5.74, 6) is 0.686. The van der Waals surface area contributed by atoms with Gasteiger partial charge >= 0.3 is 0 Å². The maximum Gasteiger partial charge on any atom is 0.240 e. The molecule has 1 aromatic rings. The smallest absolute Gasteiger partial charge is 0.240 e. The second-order valence-corrected chi connectivity index (χ2v) is 7.81.